The van der Waals surface area contributed by atoms with E-state index in [1.807, 2.05) is 4.90 Å². The Kier molecular flexibility index (Phi) is 5.11. The van der Waals surface area contributed by atoms with Crippen LogP contribution in [0, 0.1) is 0 Å². The molecule has 0 radical (unpaired) electrons. The van der Waals surface area contributed by atoms with Gasteiger partial charge in [-0.05, 0) is 78.4 Å². The summed E-state index contributed by atoms with van der Waals surface area (Å²) in [5.74, 6) is 0.721. The molecule has 4 nitrogen and oxygen atoms in total. The molecular weight excluding hydrogens is 396 g/mol. The number of fused-ring (bicyclic) bond motifs is 5. The molecule has 6 rings (SSSR count). The molecule has 3 aromatic carbocycles. The summed E-state index contributed by atoms with van der Waals surface area (Å²) in [6.45, 7) is 4.04. The van der Waals surface area contributed by atoms with E-state index in [1.54, 1.807) is 0 Å². The third-order valence-corrected chi connectivity index (χ3v) is 7.62. The van der Waals surface area contributed by atoms with Gasteiger partial charge in [-0.25, -0.2) is 4.79 Å². The fourth-order valence-electron chi connectivity index (χ4n) is 5.86. The Bertz CT molecular complexity index is 1200. The number of hydrogen-bond donors (Lipinski definition) is 0. The third-order valence-electron chi connectivity index (χ3n) is 7.62. The highest BCUT2D eigenvalue weighted by Gasteiger charge is 2.30. The maximum Gasteiger partial charge on any atom is 0.415 e. The number of hydrogen-bond acceptors (Lipinski definition) is 3. The van der Waals surface area contributed by atoms with Crippen LogP contribution in [0.4, 0.5) is 4.79 Å². The van der Waals surface area contributed by atoms with E-state index in [9.17, 15) is 4.79 Å². The fourth-order valence-corrected chi connectivity index (χ4v) is 5.86. The molecule has 3 aromatic rings. The van der Waals surface area contributed by atoms with Crippen LogP contribution in [0.25, 0.3) is 27.3 Å². The number of amides is 1. The van der Waals surface area contributed by atoms with Gasteiger partial charge in [0.1, 0.15) is 5.76 Å². The Hall–Kier alpha value is -2.85. The number of benzene rings is 3. The third kappa shape index (κ3) is 3.47. The summed E-state index contributed by atoms with van der Waals surface area (Å²) in [5, 5.41) is 5.05. The van der Waals surface area contributed by atoms with Crippen molar-refractivity contribution in [1.29, 1.82) is 0 Å². The van der Waals surface area contributed by atoms with Crippen molar-refractivity contribution >= 4 is 33.4 Å². The number of rotatable bonds is 2. The summed E-state index contributed by atoms with van der Waals surface area (Å²) < 4.78 is 5.93. The van der Waals surface area contributed by atoms with Gasteiger partial charge in [-0.15, -0.1) is 0 Å². The number of nitrogens with zero attached hydrogens (tertiary/aromatic N) is 2. The lowest BCUT2D eigenvalue weighted by Crippen LogP contribution is -2.48. The molecule has 0 N–H and O–H groups in total. The fraction of sp³-hybridized carbons (Fsp3) is 0.393. The van der Waals surface area contributed by atoms with Gasteiger partial charge in [-0.1, -0.05) is 55.0 Å². The van der Waals surface area contributed by atoms with E-state index in [-0.39, 0.29) is 6.09 Å². The summed E-state index contributed by atoms with van der Waals surface area (Å²) in [6, 6.07) is 17.8. The first-order valence-electron chi connectivity index (χ1n) is 12.1. The minimum absolute atomic E-state index is 0.195. The largest absolute Gasteiger partial charge is 0.415 e. The molecule has 32 heavy (non-hydrogen) atoms. The lowest BCUT2D eigenvalue weighted by molar-refractivity contribution is 0.0845. The van der Waals surface area contributed by atoms with Gasteiger partial charge in [0.05, 0.1) is 0 Å². The molecule has 1 amide bonds. The highest BCUT2D eigenvalue weighted by molar-refractivity contribution is 6.09. The van der Waals surface area contributed by atoms with E-state index >= 15 is 0 Å². The van der Waals surface area contributed by atoms with E-state index in [0.717, 1.165) is 43.7 Å². The van der Waals surface area contributed by atoms with E-state index < -0.39 is 0 Å². The molecule has 164 valence electrons. The first kappa shape index (κ1) is 19.8. The number of ether oxygens (including phenoxy) is 1. The number of piperidine rings is 2. The van der Waals surface area contributed by atoms with Crippen LogP contribution >= 0.6 is 0 Å². The number of carbonyl (C=O) groups excluding carboxylic acids is 1. The van der Waals surface area contributed by atoms with Crippen molar-refractivity contribution in [3.05, 3.63) is 65.7 Å². The van der Waals surface area contributed by atoms with Crippen molar-refractivity contribution < 1.29 is 9.53 Å². The van der Waals surface area contributed by atoms with Crippen LogP contribution in [0.15, 0.2) is 54.6 Å². The summed E-state index contributed by atoms with van der Waals surface area (Å²) in [7, 11) is 0. The maximum atomic E-state index is 12.9. The van der Waals surface area contributed by atoms with Crippen LogP contribution in [0.3, 0.4) is 0 Å². The van der Waals surface area contributed by atoms with E-state index in [0.29, 0.717) is 6.04 Å². The van der Waals surface area contributed by atoms with Crippen molar-refractivity contribution in [2.24, 2.45) is 0 Å². The van der Waals surface area contributed by atoms with Gasteiger partial charge >= 0.3 is 6.09 Å². The molecule has 0 atom stereocenters. The average molecular weight is 427 g/mol. The number of carbonyl (C=O) groups is 1. The lowest BCUT2D eigenvalue weighted by atomic mass is 9.96. The van der Waals surface area contributed by atoms with Crippen LogP contribution < -0.4 is 0 Å². The molecule has 2 fully saturated rings. The highest BCUT2D eigenvalue weighted by atomic mass is 16.6. The summed E-state index contributed by atoms with van der Waals surface area (Å²) in [4.78, 5) is 17.5. The van der Waals surface area contributed by atoms with Crippen LogP contribution in [-0.2, 0) is 11.2 Å². The Morgan fingerprint density at radius 1 is 0.812 bits per heavy atom. The Balaban J connectivity index is 1.16. The average Bonchev–Trinajstić information content (AvgIpc) is 3.27. The Morgan fingerprint density at radius 3 is 2.44 bits per heavy atom. The molecule has 0 bridgehead atoms. The second-order valence-corrected chi connectivity index (χ2v) is 9.43. The second-order valence-electron chi connectivity index (χ2n) is 9.43. The standard InChI is InChI=1S/C28H30N2O2/c31-28(30-18-14-21(15-19-30)29-16-4-1-5-17-29)32-27-13-12-25-24-9-8-20-6-2-3-7-22(20)23(24)10-11-26(25)27/h2-3,6-11,13,21H,1,4-5,12,14-19H2. The number of likely N-dealkylation sites (tertiary alicyclic amines) is 2. The molecule has 0 saturated carbocycles. The van der Waals surface area contributed by atoms with Gasteiger partial charge in [-0.3, -0.25) is 0 Å². The Morgan fingerprint density at radius 2 is 1.59 bits per heavy atom. The highest BCUT2D eigenvalue weighted by Crippen LogP contribution is 2.37. The van der Waals surface area contributed by atoms with Gasteiger partial charge in [0.2, 0.25) is 0 Å². The van der Waals surface area contributed by atoms with Crippen LogP contribution in [-0.4, -0.2) is 48.1 Å². The molecule has 0 spiro atoms. The zero-order valence-electron chi connectivity index (χ0n) is 18.6. The first-order valence-corrected chi connectivity index (χ1v) is 12.1. The van der Waals surface area contributed by atoms with Crippen molar-refractivity contribution in [1.82, 2.24) is 9.80 Å². The molecule has 3 aliphatic rings. The molecule has 2 aliphatic heterocycles. The van der Waals surface area contributed by atoms with Crippen LogP contribution in [0.2, 0.25) is 0 Å². The molecule has 4 heteroatoms. The first-order chi connectivity index (χ1) is 15.8. The normalized spacial score (nSPS) is 19.9. The molecule has 0 aromatic heterocycles. The predicted octanol–water partition coefficient (Wildman–Crippen LogP) is 5.98. The monoisotopic (exact) mass is 426 g/mol. The molecule has 2 saturated heterocycles. The van der Waals surface area contributed by atoms with E-state index in [2.05, 4.69) is 59.5 Å². The quantitative estimate of drug-likeness (QED) is 0.473. The summed E-state index contributed by atoms with van der Waals surface area (Å²) >= 11 is 0. The minimum Gasteiger partial charge on any atom is -0.410 e. The maximum absolute atomic E-state index is 12.9. The molecule has 1 aliphatic carbocycles. The summed E-state index contributed by atoms with van der Waals surface area (Å²) in [5.41, 5.74) is 2.32. The van der Waals surface area contributed by atoms with Crippen molar-refractivity contribution in [3.8, 4) is 0 Å². The SMILES string of the molecule is O=C(OC1=CCc2c1ccc1c2ccc2ccccc21)N1CCC(N2CCCCC2)CC1. The van der Waals surface area contributed by atoms with Crippen molar-refractivity contribution in [3.63, 3.8) is 0 Å². The second kappa shape index (κ2) is 8.25. The van der Waals surface area contributed by atoms with Gasteiger partial charge in [0.15, 0.2) is 0 Å². The zero-order valence-corrected chi connectivity index (χ0v) is 18.6. The van der Waals surface area contributed by atoms with E-state index in [4.69, 9.17) is 4.74 Å². The van der Waals surface area contributed by atoms with E-state index in [1.165, 1.54) is 59.5 Å². The van der Waals surface area contributed by atoms with Crippen molar-refractivity contribution in [2.45, 2.75) is 44.6 Å². The summed E-state index contributed by atoms with van der Waals surface area (Å²) in [6.07, 6.45) is 8.80. The van der Waals surface area contributed by atoms with Gasteiger partial charge < -0.3 is 14.5 Å². The van der Waals surface area contributed by atoms with Crippen LogP contribution in [0.5, 0.6) is 0 Å². The van der Waals surface area contributed by atoms with Crippen molar-refractivity contribution in [2.75, 3.05) is 26.2 Å². The smallest absolute Gasteiger partial charge is 0.410 e. The van der Waals surface area contributed by atoms with Gasteiger partial charge in [0, 0.05) is 24.7 Å². The Labute approximate surface area is 189 Å². The lowest BCUT2D eigenvalue weighted by Gasteiger charge is -2.39. The van der Waals surface area contributed by atoms with Gasteiger partial charge in [-0.2, -0.15) is 0 Å². The number of allylic oxidation sites excluding steroid dienone is 1. The molecule has 2 heterocycles. The molecule has 0 unspecified atom stereocenters. The minimum atomic E-state index is -0.195. The predicted molar refractivity (Wildman–Crippen MR) is 130 cm³/mol. The van der Waals surface area contributed by atoms with Crippen LogP contribution in [0.1, 0.15) is 43.2 Å². The zero-order chi connectivity index (χ0) is 21.5. The topological polar surface area (TPSA) is 32.8 Å². The van der Waals surface area contributed by atoms with Gasteiger partial charge in [0.25, 0.3) is 0 Å². The molecular formula is C28H30N2O2.